The number of hydrogen-bond donors (Lipinski definition) is 1. The molecule has 2 nitrogen and oxygen atoms in total. The van der Waals surface area contributed by atoms with Gasteiger partial charge in [-0.2, -0.15) is 0 Å². The molecule has 0 aliphatic carbocycles. The van der Waals surface area contributed by atoms with Crippen molar-refractivity contribution in [2.75, 3.05) is 0 Å². The van der Waals surface area contributed by atoms with E-state index in [9.17, 15) is 5.11 Å². The smallest absolute Gasteiger partial charge is 0.129 e. The Hall–Kier alpha value is -1.38. The van der Waals surface area contributed by atoms with E-state index in [2.05, 4.69) is 4.98 Å². The molecule has 1 N–H and O–H groups in total. The number of aryl methyl sites for hydroxylation is 1. The molecule has 0 bridgehead atoms. The minimum absolute atomic E-state index is 0.446. The fourth-order valence-electron chi connectivity index (χ4n) is 1.63. The Labute approximate surface area is 99.5 Å². The Morgan fingerprint density at radius 1 is 1.25 bits per heavy atom. The Bertz CT molecular complexity index is 485. The molecule has 3 heteroatoms. The Balaban J connectivity index is 2.38. The third-order valence-corrected chi connectivity index (χ3v) is 2.73. The lowest BCUT2D eigenvalue weighted by Crippen LogP contribution is -2.02. The molecule has 0 aliphatic rings. The number of hydrogen-bond acceptors (Lipinski definition) is 2. The topological polar surface area (TPSA) is 33.1 Å². The van der Waals surface area contributed by atoms with Crippen LogP contribution in [0.25, 0.3) is 0 Å². The molecular formula is C13H12ClNO. The first kappa shape index (κ1) is 11.1. The summed E-state index contributed by atoms with van der Waals surface area (Å²) in [5.41, 5.74) is 2.58. The van der Waals surface area contributed by atoms with E-state index < -0.39 is 6.10 Å². The highest BCUT2D eigenvalue weighted by Gasteiger charge is 2.12. The van der Waals surface area contributed by atoms with Crippen LogP contribution in [0, 0.1) is 6.92 Å². The summed E-state index contributed by atoms with van der Waals surface area (Å²) in [6.07, 6.45) is 0.973. The molecular weight excluding hydrogens is 222 g/mol. The second kappa shape index (κ2) is 4.64. The lowest BCUT2D eigenvalue weighted by Gasteiger charge is -2.13. The van der Waals surface area contributed by atoms with Crippen molar-refractivity contribution in [3.63, 3.8) is 0 Å². The van der Waals surface area contributed by atoms with E-state index in [1.54, 1.807) is 12.3 Å². The Morgan fingerprint density at radius 2 is 1.94 bits per heavy atom. The molecule has 0 spiro atoms. The van der Waals surface area contributed by atoms with Crippen molar-refractivity contribution in [2.45, 2.75) is 13.0 Å². The van der Waals surface area contributed by atoms with E-state index >= 15 is 0 Å². The standard InChI is InChI=1S/C13H12ClNO/c1-9-7-12(14)15-8-11(9)13(16)10-5-3-2-4-6-10/h2-8,13,16H,1H3/t13-/m1/s1. The van der Waals surface area contributed by atoms with Crippen molar-refractivity contribution >= 4 is 11.6 Å². The molecule has 82 valence electrons. The van der Waals surface area contributed by atoms with Gasteiger partial charge in [0.2, 0.25) is 0 Å². The average Bonchev–Trinajstić information content (AvgIpc) is 2.29. The Morgan fingerprint density at radius 3 is 2.56 bits per heavy atom. The fourth-order valence-corrected chi connectivity index (χ4v) is 1.85. The third-order valence-electron chi connectivity index (χ3n) is 2.53. The second-order valence-electron chi connectivity index (χ2n) is 3.68. The fraction of sp³-hybridized carbons (Fsp3) is 0.154. The largest absolute Gasteiger partial charge is 0.384 e. The first-order valence-corrected chi connectivity index (χ1v) is 5.41. The summed E-state index contributed by atoms with van der Waals surface area (Å²) in [5, 5.41) is 10.6. The van der Waals surface area contributed by atoms with Gasteiger partial charge in [-0.3, -0.25) is 0 Å². The first-order valence-electron chi connectivity index (χ1n) is 5.03. The number of rotatable bonds is 2. The predicted octanol–water partition coefficient (Wildman–Crippen LogP) is 3.13. The number of pyridine rings is 1. The van der Waals surface area contributed by atoms with Crippen LogP contribution in [0.2, 0.25) is 5.15 Å². The van der Waals surface area contributed by atoms with Crippen LogP contribution >= 0.6 is 11.6 Å². The van der Waals surface area contributed by atoms with Gasteiger partial charge in [0.15, 0.2) is 0 Å². The molecule has 0 saturated carbocycles. The number of aromatic nitrogens is 1. The molecule has 1 aromatic heterocycles. The maximum atomic E-state index is 10.2. The summed E-state index contributed by atoms with van der Waals surface area (Å²) < 4.78 is 0. The van der Waals surface area contributed by atoms with Crippen LogP contribution in [0.15, 0.2) is 42.6 Å². The normalized spacial score (nSPS) is 12.4. The summed E-state index contributed by atoms with van der Waals surface area (Å²) in [6.45, 7) is 1.91. The molecule has 16 heavy (non-hydrogen) atoms. The van der Waals surface area contributed by atoms with E-state index in [0.29, 0.717) is 5.15 Å². The van der Waals surface area contributed by atoms with Gasteiger partial charge >= 0.3 is 0 Å². The highest BCUT2D eigenvalue weighted by molar-refractivity contribution is 6.29. The van der Waals surface area contributed by atoms with Gasteiger partial charge in [0.1, 0.15) is 11.3 Å². The van der Waals surface area contributed by atoms with E-state index in [1.807, 2.05) is 37.3 Å². The van der Waals surface area contributed by atoms with E-state index in [1.165, 1.54) is 0 Å². The van der Waals surface area contributed by atoms with E-state index in [0.717, 1.165) is 16.7 Å². The van der Waals surface area contributed by atoms with E-state index in [4.69, 9.17) is 11.6 Å². The quantitative estimate of drug-likeness (QED) is 0.809. The van der Waals surface area contributed by atoms with Gasteiger partial charge in [0.25, 0.3) is 0 Å². The summed E-state index contributed by atoms with van der Waals surface area (Å²) >= 11 is 5.77. The molecule has 1 atom stereocenters. The van der Waals surface area contributed by atoms with Gasteiger partial charge in [0, 0.05) is 11.8 Å². The van der Waals surface area contributed by atoms with Crippen molar-refractivity contribution in [1.29, 1.82) is 0 Å². The lowest BCUT2D eigenvalue weighted by molar-refractivity contribution is 0.219. The Kier molecular flexibility index (Phi) is 3.22. The molecule has 0 saturated heterocycles. The van der Waals surface area contributed by atoms with Crippen LogP contribution in [0.3, 0.4) is 0 Å². The van der Waals surface area contributed by atoms with Crippen molar-refractivity contribution in [3.05, 3.63) is 64.4 Å². The summed E-state index contributed by atoms with van der Waals surface area (Å²) in [7, 11) is 0. The van der Waals surface area contributed by atoms with Gasteiger partial charge in [0.05, 0.1) is 0 Å². The zero-order chi connectivity index (χ0) is 11.5. The van der Waals surface area contributed by atoms with Crippen LogP contribution < -0.4 is 0 Å². The predicted molar refractivity (Wildman–Crippen MR) is 64.5 cm³/mol. The van der Waals surface area contributed by atoms with E-state index in [-0.39, 0.29) is 0 Å². The highest BCUT2D eigenvalue weighted by Crippen LogP contribution is 2.24. The molecule has 2 rings (SSSR count). The molecule has 2 aromatic rings. The van der Waals surface area contributed by atoms with Gasteiger partial charge < -0.3 is 5.11 Å². The molecule has 0 fully saturated rings. The van der Waals surface area contributed by atoms with Crippen molar-refractivity contribution in [3.8, 4) is 0 Å². The SMILES string of the molecule is Cc1cc(Cl)ncc1[C@H](O)c1ccccc1. The summed E-state index contributed by atoms with van der Waals surface area (Å²) in [4.78, 5) is 3.99. The van der Waals surface area contributed by atoms with Crippen molar-refractivity contribution in [2.24, 2.45) is 0 Å². The number of aliphatic hydroxyl groups excluding tert-OH is 1. The molecule has 1 aromatic carbocycles. The first-order chi connectivity index (χ1) is 7.68. The van der Waals surface area contributed by atoms with Crippen LogP contribution in [0.1, 0.15) is 22.8 Å². The molecule has 0 amide bonds. The third kappa shape index (κ3) is 2.23. The van der Waals surface area contributed by atoms with Gasteiger partial charge in [-0.05, 0) is 24.1 Å². The van der Waals surface area contributed by atoms with Crippen LogP contribution in [-0.2, 0) is 0 Å². The lowest BCUT2D eigenvalue weighted by atomic mass is 10.00. The summed E-state index contributed by atoms with van der Waals surface area (Å²) in [5.74, 6) is 0. The molecule has 0 unspecified atom stereocenters. The minimum Gasteiger partial charge on any atom is -0.384 e. The maximum Gasteiger partial charge on any atom is 0.129 e. The molecule has 1 heterocycles. The van der Waals surface area contributed by atoms with Crippen molar-refractivity contribution in [1.82, 2.24) is 4.98 Å². The van der Waals surface area contributed by atoms with Crippen molar-refractivity contribution < 1.29 is 5.11 Å². The maximum absolute atomic E-state index is 10.2. The molecule has 0 radical (unpaired) electrons. The summed E-state index contributed by atoms with van der Waals surface area (Å²) in [6, 6.07) is 11.2. The zero-order valence-corrected chi connectivity index (χ0v) is 9.65. The zero-order valence-electron chi connectivity index (χ0n) is 8.89. The average molecular weight is 234 g/mol. The number of nitrogens with zero attached hydrogens (tertiary/aromatic N) is 1. The monoisotopic (exact) mass is 233 g/mol. The van der Waals surface area contributed by atoms with Crippen LogP contribution in [-0.4, -0.2) is 10.1 Å². The van der Waals surface area contributed by atoms with Gasteiger partial charge in [-0.1, -0.05) is 41.9 Å². The number of aliphatic hydroxyl groups is 1. The highest BCUT2D eigenvalue weighted by atomic mass is 35.5. The van der Waals surface area contributed by atoms with Crippen LogP contribution in [0.5, 0.6) is 0 Å². The second-order valence-corrected chi connectivity index (χ2v) is 4.06. The van der Waals surface area contributed by atoms with Gasteiger partial charge in [-0.15, -0.1) is 0 Å². The van der Waals surface area contributed by atoms with Gasteiger partial charge in [-0.25, -0.2) is 4.98 Å². The minimum atomic E-state index is -0.647. The molecule has 0 aliphatic heterocycles. The number of halogens is 1. The van der Waals surface area contributed by atoms with Crippen LogP contribution in [0.4, 0.5) is 0 Å². The number of benzene rings is 1.